The highest BCUT2D eigenvalue weighted by molar-refractivity contribution is 5.23. The topological polar surface area (TPSA) is 55.5 Å². The predicted molar refractivity (Wildman–Crippen MR) is 76.9 cm³/mol. The number of ether oxygens (including phenoxy) is 1. The molecule has 0 aromatic rings. The van der Waals surface area contributed by atoms with Crippen molar-refractivity contribution in [2.24, 2.45) is 11.7 Å². The van der Waals surface area contributed by atoms with Crippen molar-refractivity contribution in [1.29, 1.82) is 0 Å². The zero-order valence-corrected chi connectivity index (χ0v) is 11.9. The second kappa shape index (κ2) is 9.92. The molecular weight excluding hydrogens is 226 g/mol. The summed E-state index contributed by atoms with van der Waals surface area (Å²) in [5.41, 5.74) is 7.28. The third-order valence-corrected chi connectivity index (χ3v) is 2.83. The molecule has 18 heavy (non-hydrogen) atoms. The molecule has 3 nitrogen and oxygen atoms in total. The highest BCUT2D eigenvalue weighted by Gasteiger charge is 2.06. The molecule has 2 atom stereocenters. The van der Waals surface area contributed by atoms with Crippen LogP contribution in [-0.2, 0) is 4.74 Å². The third-order valence-electron chi connectivity index (χ3n) is 2.83. The standard InChI is InChI=1S/C15H27NO2/c1-5-12(3)11-18-15(17)10-8-13(4)7-9-14(16)6-2/h6-7,9,12,15,17H,4-5,8,10-11,16H2,1-3H3/b9-7-,14-6+. The zero-order valence-electron chi connectivity index (χ0n) is 11.9. The van der Waals surface area contributed by atoms with Crippen LogP contribution >= 0.6 is 0 Å². The molecular formula is C15H27NO2. The van der Waals surface area contributed by atoms with Crippen molar-refractivity contribution in [2.45, 2.75) is 46.3 Å². The van der Waals surface area contributed by atoms with Gasteiger partial charge in [-0.2, -0.15) is 0 Å². The normalized spacial score (nSPS) is 15.9. The van der Waals surface area contributed by atoms with E-state index in [9.17, 15) is 5.11 Å². The molecule has 0 aliphatic carbocycles. The van der Waals surface area contributed by atoms with Crippen molar-refractivity contribution in [3.63, 3.8) is 0 Å². The van der Waals surface area contributed by atoms with Gasteiger partial charge in [-0.3, -0.25) is 0 Å². The first-order valence-corrected chi connectivity index (χ1v) is 6.56. The third kappa shape index (κ3) is 9.02. The molecule has 0 aliphatic rings. The summed E-state index contributed by atoms with van der Waals surface area (Å²) in [5.74, 6) is 0.484. The van der Waals surface area contributed by atoms with Crippen molar-refractivity contribution >= 4 is 0 Å². The zero-order chi connectivity index (χ0) is 14.0. The summed E-state index contributed by atoms with van der Waals surface area (Å²) < 4.78 is 5.35. The maximum Gasteiger partial charge on any atom is 0.154 e. The lowest BCUT2D eigenvalue weighted by atomic mass is 10.1. The average Bonchev–Trinajstić information content (AvgIpc) is 2.39. The van der Waals surface area contributed by atoms with Crippen LogP contribution in [0.5, 0.6) is 0 Å². The Kier molecular flexibility index (Phi) is 9.33. The van der Waals surface area contributed by atoms with Crippen LogP contribution in [0, 0.1) is 5.92 Å². The quantitative estimate of drug-likeness (QED) is 0.490. The average molecular weight is 253 g/mol. The summed E-state index contributed by atoms with van der Waals surface area (Å²) in [6.07, 6.45) is 7.14. The Labute approximate surface area is 111 Å². The molecule has 2 unspecified atom stereocenters. The van der Waals surface area contributed by atoms with Crippen molar-refractivity contribution in [1.82, 2.24) is 0 Å². The second-order valence-electron chi connectivity index (χ2n) is 4.62. The van der Waals surface area contributed by atoms with E-state index in [0.29, 0.717) is 31.1 Å². The molecule has 3 heteroatoms. The van der Waals surface area contributed by atoms with Gasteiger partial charge in [0.15, 0.2) is 6.29 Å². The van der Waals surface area contributed by atoms with Crippen molar-refractivity contribution in [3.8, 4) is 0 Å². The molecule has 0 bridgehead atoms. The summed E-state index contributed by atoms with van der Waals surface area (Å²) in [5, 5.41) is 9.64. The van der Waals surface area contributed by atoms with Crippen LogP contribution < -0.4 is 5.73 Å². The molecule has 0 aliphatic heterocycles. The lowest BCUT2D eigenvalue weighted by Gasteiger charge is -2.15. The van der Waals surface area contributed by atoms with E-state index in [1.807, 2.05) is 25.2 Å². The number of allylic oxidation sites excluding steroid dienone is 4. The second-order valence-corrected chi connectivity index (χ2v) is 4.62. The summed E-state index contributed by atoms with van der Waals surface area (Å²) >= 11 is 0. The Morgan fingerprint density at radius 1 is 1.44 bits per heavy atom. The van der Waals surface area contributed by atoms with Gasteiger partial charge in [-0.25, -0.2) is 0 Å². The summed E-state index contributed by atoms with van der Waals surface area (Å²) in [4.78, 5) is 0. The molecule has 0 fully saturated rings. The van der Waals surface area contributed by atoms with Crippen LogP contribution in [0.3, 0.4) is 0 Å². The number of hydrogen-bond acceptors (Lipinski definition) is 3. The van der Waals surface area contributed by atoms with Crippen LogP contribution in [0.25, 0.3) is 0 Å². The molecule has 0 heterocycles. The Balaban J connectivity index is 3.81. The van der Waals surface area contributed by atoms with Crippen LogP contribution in [-0.4, -0.2) is 18.0 Å². The van der Waals surface area contributed by atoms with Gasteiger partial charge in [-0.15, -0.1) is 0 Å². The fourth-order valence-electron chi connectivity index (χ4n) is 1.18. The largest absolute Gasteiger partial charge is 0.399 e. The Bertz CT molecular complexity index is 295. The smallest absolute Gasteiger partial charge is 0.154 e. The Morgan fingerprint density at radius 2 is 2.11 bits per heavy atom. The van der Waals surface area contributed by atoms with E-state index in [2.05, 4.69) is 20.4 Å². The van der Waals surface area contributed by atoms with Gasteiger partial charge in [0, 0.05) is 12.1 Å². The van der Waals surface area contributed by atoms with E-state index >= 15 is 0 Å². The molecule has 0 saturated heterocycles. The summed E-state index contributed by atoms with van der Waals surface area (Å²) in [6.45, 7) is 10.6. The van der Waals surface area contributed by atoms with Crippen molar-refractivity contribution < 1.29 is 9.84 Å². The van der Waals surface area contributed by atoms with Crippen LogP contribution in [0.1, 0.15) is 40.0 Å². The molecule has 0 saturated carbocycles. The summed E-state index contributed by atoms with van der Waals surface area (Å²) in [7, 11) is 0. The van der Waals surface area contributed by atoms with E-state index < -0.39 is 6.29 Å². The van der Waals surface area contributed by atoms with E-state index in [4.69, 9.17) is 10.5 Å². The van der Waals surface area contributed by atoms with Gasteiger partial charge in [0.05, 0.1) is 6.61 Å². The fraction of sp³-hybridized carbons (Fsp3) is 0.600. The van der Waals surface area contributed by atoms with Crippen molar-refractivity contribution in [2.75, 3.05) is 6.61 Å². The highest BCUT2D eigenvalue weighted by Crippen LogP contribution is 2.10. The SMILES string of the molecule is C=C(/C=C\C(N)=C/C)CCC(O)OCC(C)CC. The minimum Gasteiger partial charge on any atom is -0.399 e. The van der Waals surface area contributed by atoms with E-state index in [0.717, 1.165) is 12.0 Å². The fourth-order valence-corrected chi connectivity index (χ4v) is 1.18. The number of aliphatic hydroxyl groups excluding tert-OH is 1. The van der Waals surface area contributed by atoms with E-state index in [-0.39, 0.29) is 0 Å². The number of aliphatic hydroxyl groups is 1. The van der Waals surface area contributed by atoms with Gasteiger partial charge in [0.2, 0.25) is 0 Å². The first-order chi connectivity index (χ1) is 8.49. The molecule has 0 amide bonds. The number of hydrogen-bond donors (Lipinski definition) is 2. The molecule has 3 N–H and O–H groups in total. The minimum absolute atomic E-state index is 0.484. The molecule has 0 aromatic heterocycles. The van der Waals surface area contributed by atoms with E-state index in [1.165, 1.54) is 0 Å². The van der Waals surface area contributed by atoms with Gasteiger partial charge >= 0.3 is 0 Å². The van der Waals surface area contributed by atoms with Gasteiger partial charge in [-0.05, 0) is 25.3 Å². The maximum absolute atomic E-state index is 9.64. The molecule has 0 radical (unpaired) electrons. The first kappa shape index (κ1) is 16.9. The molecule has 0 rings (SSSR count). The molecule has 104 valence electrons. The van der Waals surface area contributed by atoms with Gasteiger partial charge in [0.1, 0.15) is 0 Å². The monoisotopic (exact) mass is 253 g/mol. The Morgan fingerprint density at radius 3 is 2.67 bits per heavy atom. The lowest BCUT2D eigenvalue weighted by Crippen LogP contribution is -2.16. The summed E-state index contributed by atoms with van der Waals surface area (Å²) in [6, 6.07) is 0. The van der Waals surface area contributed by atoms with Crippen LogP contribution in [0.4, 0.5) is 0 Å². The van der Waals surface area contributed by atoms with Crippen molar-refractivity contribution in [3.05, 3.63) is 36.1 Å². The highest BCUT2D eigenvalue weighted by atomic mass is 16.6. The number of nitrogens with two attached hydrogens (primary N) is 1. The lowest BCUT2D eigenvalue weighted by molar-refractivity contribution is -0.111. The van der Waals surface area contributed by atoms with Gasteiger partial charge in [-0.1, -0.05) is 44.6 Å². The van der Waals surface area contributed by atoms with Gasteiger partial charge in [0.25, 0.3) is 0 Å². The first-order valence-electron chi connectivity index (χ1n) is 6.56. The number of rotatable bonds is 9. The molecule has 0 aromatic carbocycles. The van der Waals surface area contributed by atoms with E-state index in [1.54, 1.807) is 0 Å². The molecule has 0 spiro atoms. The maximum atomic E-state index is 9.64. The minimum atomic E-state index is -0.705. The predicted octanol–water partition coefficient (Wildman–Crippen LogP) is 3.12. The van der Waals surface area contributed by atoms with Gasteiger partial charge < -0.3 is 15.6 Å². The Hall–Kier alpha value is -1.06. The van der Waals surface area contributed by atoms with Crippen LogP contribution in [0.2, 0.25) is 0 Å². The van der Waals surface area contributed by atoms with Crippen LogP contribution in [0.15, 0.2) is 36.1 Å².